The second kappa shape index (κ2) is 6.50. The van der Waals surface area contributed by atoms with Gasteiger partial charge in [0.25, 0.3) is 0 Å². The fraction of sp³-hybridized carbons (Fsp3) is 0.286. The fourth-order valence-corrected chi connectivity index (χ4v) is 4.10. The van der Waals surface area contributed by atoms with Gasteiger partial charge in [-0.05, 0) is 49.3 Å². The van der Waals surface area contributed by atoms with Gasteiger partial charge in [0.15, 0.2) is 0 Å². The van der Waals surface area contributed by atoms with Gasteiger partial charge in [-0.2, -0.15) is 0 Å². The van der Waals surface area contributed by atoms with Gasteiger partial charge in [0.2, 0.25) is 5.95 Å². The van der Waals surface area contributed by atoms with Crippen LogP contribution in [0.4, 0.5) is 5.95 Å². The highest BCUT2D eigenvalue weighted by Crippen LogP contribution is 2.41. The molecule has 26 heavy (non-hydrogen) atoms. The first kappa shape index (κ1) is 16.7. The molecule has 0 spiro atoms. The largest absolute Gasteiger partial charge is 0.386 e. The van der Waals surface area contributed by atoms with Crippen molar-refractivity contribution in [3.8, 4) is 0 Å². The summed E-state index contributed by atoms with van der Waals surface area (Å²) in [7, 11) is 0. The third-order valence-electron chi connectivity index (χ3n) is 5.40. The number of anilines is 1. The van der Waals surface area contributed by atoms with Crippen LogP contribution in [-0.4, -0.2) is 9.55 Å². The molecule has 1 fully saturated rings. The van der Waals surface area contributed by atoms with Gasteiger partial charge in [0.05, 0.1) is 22.5 Å². The molecule has 0 amide bonds. The molecule has 3 aromatic rings. The zero-order valence-corrected chi connectivity index (χ0v) is 14.9. The Balaban J connectivity index is 1.68. The van der Waals surface area contributed by atoms with Crippen LogP contribution in [0.5, 0.6) is 0 Å². The Hall–Kier alpha value is -2.79. The van der Waals surface area contributed by atoms with Crippen LogP contribution in [-0.2, 0) is 5.66 Å². The van der Waals surface area contributed by atoms with Crippen LogP contribution < -0.4 is 16.8 Å². The van der Waals surface area contributed by atoms with E-state index in [4.69, 9.17) is 11.5 Å². The van der Waals surface area contributed by atoms with E-state index in [0.29, 0.717) is 17.7 Å². The second-order valence-electron chi connectivity index (χ2n) is 7.20. The number of rotatable bonds is 4. The van der Waals surface area contributed by atoms with Gasteiger partial charge in [0.1, 0.15) is 0 Å². The van der Waals surface area contributed by atoms with Crippen LogP contribution in [0, 0.1) is 0 Å². The van der Waals surface area contributed by atoms with Crippen molar-refractivity contribution < 1.29 is 0 Å². The van der Waals surface area contributed by atoms with Crippen LogP contribution in [0.2, 0.25) is 0 Å². The van der Waals surface area contributed by atoms with Gasteiger partial charge in [-0.25, -0.2) is 4.98 Å². The highest BCUT2D eigenvalue weighted by Gasteiger charge is 2.36. The zero-order valence-electron chi connectivity index (χ0n) is 14.9. The normalized spacial score (nSPS) is 23.0. The number of hydrogen-bond acceptors (Lipinski definition) is 4. The molecule has 0 radical (unpaired) electrons. The van der Waals surface area contributed by atoms with E-state index in [1.807, 2.05) is 18.2 Å². The summed E-state index contributed by atoms with van der Waals surface area (Å²) in [6, 6.07) is 18.8. The van der Waals surface area contributed by atoms with Gasteiger partial charge < -0.3 is 16.8 Å². The minimum atomic E-state index is -0.487. The van der Waals surface area contributed by atoms with Crippen LogP contribution in [0.15, 0.2) is 67.0 Å². The van der Waals surface area contributed by atoms with Crippen molar-refractivity contribution in [3.63, 3.8) is 0 Å². The Morgan fingerprint density at radius 1 is 1.08 bits per heavy atom. The first-order valence-electron chi connectivity index (χ1n) is 9.10. The molecule has 0 bridgehead atoms. The fourth-order valence-electron chi connectivity index (χ4n) is 4.10. The van der Waals surface area contributed by atoms with E-state index in [9.17, 15) is 0 Å². The number of imidazole rings is 1. The van der Waals surface area contributed by atoms with E-state index in [2.05, 4.69) is 57.8 Å². The smallest absolute Gasteiger partial charge is 0.211 e. The van der Waals surface area contributed by atoms with E-state index in [-0.39, 0.29) is 0 Å². The van der Waals surface area contributed by atoms with E-state index in [0.717, 1.165) is 36.7 Å². The van der Waals surface area contributed by atoms with Gasteiger partial charge in [0, 0.05) is 0 Å². The number of nitrogens with zero attached hydrogens (tertiary/aromatic N) is 2. The molecule has 1 aliphatic carbocycles. The average Bonchev–Trinajstić information content (AvgIpc) is 3.01. The molecular formula is C21H25N5. The molecule has 0 atom stereocenters. The standard InChI is InChI=1S/C21H25N5/c1-15(22)24-20-25-18-9-5-6-10-19(18)26(20)21(23)13-11-17(12-14-21)16-7-3-2-4-8-16/h2-10,17H,1,11-14,22-23H2,(H,24,25). The molecule has 1 aliphatic rings. The number of nitrogens with two attached hydrogens (primary N) is 2. The van der Waals surface area contributed by atoms with Crippen LogP contribution in [0.25, 0.3) is 11.0 Å². The van der Waals surface area contributed by atoms with E-state index >= 15 is 0 Å². The molecule has 0 aliphatic heterocycles. The van der Waals surface area contributed by atoms with Crippen molar-refractivity contribution >= 4 is 17.0 Å². The molecule has 1 saturated carbocycles. The van der Waals surface area contributed by atoms with Gasteiger partial charge in [-0.1, -0.05) is 49.0 Å². The van der Waals surface area contributed by atoms with Crippen LogP contribution in [0.1, 0.15) is 37.2 Å². The maximum absolute atomic E-state index is 6.92. The lowest BCUT2D eigenvalue weighted by Gasteiger charge is -2.39. The Morgan fingerprint density at radius 2 is 1.73 bits per heavy atom. The molecule has 1 aromatic heterocycles. The topological polar surface area (TPSA) is 81.9 Å². The minimum absolute atomic E-state index is 0.364. The summed E-state index contributed by atoms with van der Waals surface area (Å²) in [6.07, 6.45) is 3.88. The number of hydrogen-bond donors (Lipinski definition) is 3. The maximum Gasteiger partial charge on any atom is 0.211 e. The number of nitrogens with one attached hydrogen (secondary N) is 1. The predicted molar refractivity (Wildman–Crippen MR) is 106 cm³/mol. The summed E-state index contributed by atoms with van der Waals surface area (Å²) in [5.41, 5.74) is 15.6. The molecule has 0 unspecified atom stereocenters. The average molecular weight is 347 g/mol. The van der Waals surface area contributed by atoms with Crippen molar-refractivity contribution in [2.75, 3.05) is 5.32 Å². The molecule has 1 heterocycles. The summed E-state index contributed by atoms with van der Waals surface area (Å²) < 4.78 is 2.11. The van der Waals surface area contributed by atoms with E-state index < -0.39 is 5.66 Å². The number of aromatic nitrogens is 2. The molecular weight excluding hydrogens is 322 g/mol. The quantitative estimate of drug-likeness (QED) is 0.669. The third kappa shape index (κ3) is 2.95. The molecule has 5 N–H and O–H groups in total. The van der Waals surface area contributed by atoms with Crippen molar-refractivity contribution in [2.45, 2.75) is 37.3 Å². The highest BCUT2D eigenvalue weighted by molar-refractivity contribution is 5.79. The first-order chi connectivity index (χ1) is 12.6. The van der Waals surface area contributed by atoms with Crippen molar-refractivity contribution in [2.24, 2.45) is 11.5 Å². The van der Waals surface area contributed by atoms with Crippen molar-refractivity contribution in [1.82, 2.24) is 9.55 Å². The molecule has 4 rings (SSSR count). The lowest BCUT2D eigenvalue weighted by Crippen LogP contribution is -2.46. The van der Waals surface area contributed by atoms with E-state index in [1.54, 1.807) is 0 Å². The van der Waals surface area contributed by atoms with Crippen LogP contribution >= 0.6 is 0 Å². The van der Waals surface area contributed by atoms with Gasteiger partial charge in [-0.3, -0.25) is 4.57 Å². The Labute approximate surface area is 153 Å². The maximum atomic E-state index is 6.92. The van der Waals surface area contributed by atoms with Crippen molar-refractivity contribution in [1.29, 1.82) is 0 Å². The molecule has 0 saturated heterocycles. The monoisotopic (exact) mass is 347 g/mol. The molecule has 5 nitrogen and oxygen atoms in total. The Bertz CT molecular complexity index is 920. The summed E-state index contributed by atoms with van der Waals surface area (Å²) in [5.74, 6) is 1.59. The lowest BCUT2D eigenvalue weighted by atomic mass is 9.78. The number of para-hydroxylation sites is 2. The third-order valence-corrected chi connectivity index (χ3v) is 5.40. The summed E-state index contributed by atoms with van der Waals surface area (Å²) in [5, 5.41) is 3.08. The summed E-state index contributed by atoms with van der Waals surface area (Å²) >= 11 is 0. The Kier molecular flexibility index (Phi) is 4.17. The number of benzene rings is 2. The molecule has 2 aromatic carbocycles. The lowest BCUT2D eigenvalue weighted by molar-refractivity contribution is 0.194. The van der Waals surface area contributed by atoms with Gasteiger partial charge in [-0.15, -0.1) is 0 Å². The van der Waals surface area contributed by atoms with E-state index in [1.165, 1.54) is 5.56 Å². The first-order valence-corrected chi connectivity index (χ1v) is 9.10. The van der Waals surface area contributed by atoms with Crippen molar-refractivity contribution in [3.05, 3.63) is 72.6 Å². The summed E-state index contributed by atoms with van der Waals surface area (Å²) in [4.78, 5) is 4.68. The van der Waals surface area contributed by atoms with Crippen LogP contribution in [0.3, 0.4) is 0 Å². The summed E-state index contributed by atoms with van der Waals surface area (Å²) in [6.45, 7) is 3.75. The highest BCUT2D eigenvalue weighted by atomic mass is 15.3. The predicted octanol–water partition coefficient (Wildman–Crippen LogP) is 3.85. The minimum Gasteiger partial charge on any atom is -0.386 e. The molecule has 134 valence electrons. The second-order valence-corrected chi connectivity index (χ2v) is 7.20. The number of fused-ring (bicyclic) bond motifs is 1. The van der Waals surface area contributed by atoms with Gasteiger partial charge >= 0.3 is 0 Å². The Morgan fingerprint density at radius 3 is 2.42 bits per heavy atom. The molecule has 5 heteroatoms. The SMILES string of the molecule is C=C(N)Nc1nc2ccccc2n1C1(N)CCC(c2ccccc2)CC1. The zero-order chi connectivity index (χ0) is 18.1.